The van der Waals surface area contributed by atoms with Gasteiger partial charge in [0.25, 0.3) is 0 Å². The number of ether oxygens (including phenoxy) is 2. The maximum Gasteiger partial charge on any atom is 0.337 e. The quantitative estimate of drug-likeness (QED) is 0.779. The van der Waals surface area contributed by atoms with E-state index in [1.165, 1.54) is 0 Å². The summed E-state index contributed by atoms with van der Waals surface area (Å²) in [6.45, 7) is 5.86. The maximum atomic E-state index is 11.6. The summed E-state index contributed by atoms with van der Waals surface area (Å²) in [5.74, 6) is -0.360. The van der Waals surface area contributed by atoms with Gasteiger partial charge in [0.2, 0.25) is 0 Å². The number of rotatable bonds is 7. The molecule has 0 heterocycles. The lowest BCUT2D eigenvalue weighted by Crippen LogP contribution is -2.36. The molecule has 0 radical (unpaired) electrons. The minimum absolute atomic E-state index is 0.0425. The second kappa shape index (κ2) is 7.82. The summed E-state index contributed by atoms with van der Waals surface area (Å²) >= 11 is 0. The Bertz CT molecular complexity index is 446. The highest BCUT2D eigenvalue weighted by atomic mass is 16.6. The largest absolute Gasteiger partial charge is 0.464 e. The molecule has 0 atom stereocenters. The van der Waals surface area contributed by atoms with Gasteiger partial charge >= 0.3 is 5.97 Å². The monoisotopic (exact) mass is 278 g/mol. The molecule has 0 aliphatic carbocycles. The van der Waals surface area contributed by atoms with Crippen LogP contribution in [0, 0.1) is 0 Å². The second-order valence-corrected chi connectivity index (χ2v) is 4.84. The molecule has 1 aromatic carbocycles. The number of benzene rings is 1. The molecule has 0 bridgehead atoms. The summed E-state index contributed by atoms with van der Waals surface area (Å²) in [5.41, 5.74) is 0.947. The molecule has 110 valence electrons. The van der Waals surface area contributed by atoms with Crippen LogP contribution in [0.5, 0.6) is 0 Å². The molecule has 1 aromatic rings. The third-order valence-corrected chi connectivity index (χ3v) is 2.78. The van der Waals surface area contributed by atoms with Crippen LogP contribution in [0.15, 0.2) is 30.3 Å². The molecule has 0 aliphatic rings. The van der Waals surface area contributed by atoms with Gasteiger partial charge in [-0.25, -0.2) is 4.79 Å². The van der Waals surface area contributed by atoms with Crippen molar-refractivity contribution in [2.45, 2.75) is 33.0 Å². The number of hydrogen-bond donors (Lipinski definition) is 1. The van der Waals surface area contributed by atoms with E-state index >= 15 is 0 Å². The van der Waals surface area contributed by atoms with E-state index in [1.54, 1.807) is 20.8 Å². The molecule has 0 unspecified atom stereocenters. The van der Waals surface area contributed by atoms with Crippen LogP contribution in [-0.2, 0) is 20.9 Å². The first-order valence-corrected chi connectivity index (χ1v) is 6.67. The molecule has 1 N–H and O–H groups in total. The van der Waals surface area contributed by atoms with Crippen molar-refractivity contribution >= 4 is 12.0 Å². The number of carbonyl (C=O) groups is 1. The fourth-order valence-electron chi connectivity index (χ4n) is 1.54. The van der Waals surface area contributed by atoms with Crippen LogP contribution in [-0.4, -0.2) is 29.9 Å². The molecular weight excluding hydrogens is 256 g/mol. The van der Waals surface area contributed by atoms with Gasteiger partial charge in [0, 0.05) is 0 Å². The van der Waals surface area contributed by atoms with Gasteiger partial charge in [-0.05, 0) is 31.9 Å². The Morgan fingerprint density at radius 1 is 1.30 bits per heavy atom. The van der Waals surface area contributed by atoms with E-state index < -0.39 is 5.60 Å². The molecule has 0 fully saturated rings. The van der Waals surface area contributed by atoms with Crippen molar-refractivity contribution in [1.82, 2.24) is 0 Å². The minimum atomic E-state index is -0.943. The molecule has 0 saturated heterocycles. The average Bonchev–Trinajstić information content (AvgIpc) is 2.44. The normalized spacial score (nSPS) is 11.8. The van der Waals surface area contributed by atoms with Gasteiger partial charge in [-0.3, -0.25) is 0 Å². The van der Waals surface area contributed by atoms with Crippen LogP contribution >= 0.6 is 0 Å². The van der Waals surface area contributed by atoms with Crippen LogP contribution in [0.4, 0.5) is 0 Å². The highest BCUT2D eigenvalue weighted by Crippen LogP contribution is 2.12. The number of aliphatic hydroxyl groups excluding tert-OH is 1. The van der Waals surface area contributed by atoms with Gasteiger partial charge in [0.15, 0.2) is 5.60 Å². The van der Waals surface area contributed by atoms with Crippen LogP contribution in [0.1, 0.15) is 31.9 Å². The average molecular weight is 278 g/mol. The van der Waals surface area contributed by atoms with Gasteiger partial charge in [-0.2, -0.15) is 0 Å². The Kier molecular flexibility index (Phi) is 6.42. The van der Waals surface area contributed by atoms with Gasteiger partial charge in [0.05, 0.1) is 19.8 Å². The number of esters is 1. The smallest absolute Gasteiger partial charge is 0.337 e. The van der Waals surface area contributed by atoms with Crippen molar-refractivity contribution in [2.75, 3.05) is 13.2 Å². The minimum Gasteiger partial charge on any atom is -0.464 e. The zero-order chi connectivity index (χ0) is 15.0. The van der Waals surface area contributed by atoms with Crippen molar-refractivity contribution in [3.05, 3.63) is 41.5 Å². The second-order valence-electron chi connectivity index (χ2n) is 4.84. The first-order chi connectivity index (χ1) is 9.49. The van der Waals surface area contributed by atoms with Gasteiger partial charge in [-0.15, -0.1) is 0 Å². The fraction of sp³-hybridized carbons (Fsp3) is 0.438. The number of carbonyl (C=O) groups excluding carboxylic acids is 1. The van der Waals surface area contributed by atoms with E-state index in [1.807, 2.05) is 36.4 Å². The lowest BCUT2D eigenvalue weighted by Gasteiger charge is -2.21. The van der Waals surface area contributed by atoms with E-state index in [0.29, 0.717) is 13.2 Å². The predicted octanol–water partition coefficient (Wildman–Crippen LogP) is 2.55. The SMILES string of the molecule is CCOC(=O)C(C)(C)OC/C=C/c1ccc(CO)cc1. The Morgan fingerprint density at radius 3 is 2.50 bits per heavy atom. The molecular formula is C16H22O4. The molecule has 0 amide bonds. The highest BCUT2D eigenvalue weighted by molar-refractivity contribution is 5.78. The van der Waals surface area contributed by atoms with Crippen molar-refractivity contribution in [1.29, 1.82) is 0 Å². The van der Waals surface area contributed by atoms with Gasteiger partial charge < -0.3 is 14.6 Å². The molecule has 20 heavy (non-hydrogen) atoms. The zero-order valence-corrected chi connectivity index (χ0v) is 12.3. The summed E-state index contributed by atoms with van der Waals surface area (Å²) < 4.78 is 10.4. The number of hydrogen-bond acceptors (Lipinski definition) is 4. The first kappa shape index (κ1) is 16.4. The van der Waals surface area contributed by atoms with E-state index in [9.17, 15) is 4.79 Å². The summed E-state index contributed by atoms with van der Waals surface area (Å²) in [6.07, 6.45) is 3.75. The van der Waals surface area contributed by atoms with Crippen LogP contribution in [0.25, 0.3) is 6.08 Å². The van der Waals surface area contributed by atoms with E-state index in [2.05, 4.69) is 0 Å². The highest BCUT2D eigenvalue weighted by Gasteiger charge is 2.29. The maximum absolute atomic E-state index is 11.6. The van der Waals surface area contributed by atoms with E-state index in [-0.39, 0.29) is 12.6 Å². The Balaban J connectivity index is 2.46. The van der Waals surface area contributed by atoms with Crippen molar-refractivity contribution in [3.8, 4) is 0 Å². The number of aliphatic hydroxyl groups is 1. The Morgan fingerprint density at radius 2 is 1.95 bits per heavy atom. The molecule has 0 aromatic heterocycles. The molecule has 0 spiro atoms. The first-order valence-electron chi connectivity index (χ1n) is 6.67. The molecule has 4 heteroatoms. The Hall–Kier alpha value is -1.65. The van der Waals surface area contributed by atoms with Gasteiger partial charge in [-0.1, -0.05) is 36.4 Å². The van der Waals surface area contributed by atoms with Crippen molar-refractivity contribution in [3.63, 3.8) is 0 Å². The molecule has 1 rings (SSSR count). The lowest BCUT2D eigenvalue weighted by molar-refractivity contribution is -0.166. The molecule has 4 nitrogen and oxygen atoms in total. The lowest BCUT2D eigenvalue weighted by atomic mass is 10.1. The van der Waals surface area contributed by atoms with E-state index in [0.717, 1.165) is 11.1 Å². The molecule has 0 saturated carbocycles. The van der Waals surface area contributed by atoms with Crippen LogP contribution < -0.4 is 0 Å². The third-order valence-electron chi connectivity index (χ3n) is 2.78. The third kappa shape index (κ3) is 5.15. The summed E-state index contributed by atoms with van der Waals surface area (Å²) in [4.78, 5) is 11.6. The zero-order valence-electron chi connectivity index (χ0n) is 12.3. The fourth-order valence-corrected chi connectivity index (χ4v) is 1.54. The Labute approximate surface area is 120 Å². The summed E-state index contributed by atoms with van der Waals surface area (Å²) in [7, 11) is 0. The van der Waals surface area contributed by atoms with Gasteiger partial charge in [0.1, 0.15) is 0 Å². The standard InChI is InChI=1S/C16H22O4/c1-4-19-15(18)16(2,3)20-11-5-6-13-7-9-14(12-17)10-8-13/h5-10,17H,4,11-12H2,1-3H3/b6-5+. The van der Waals surface area contributed by atoms with Crippen LogP contribution in [0.3, 0.4) is 0 Å². The topological polar surface area (TPSA) is 55.8 Å². The predicted molar refractivity (Wildman–Crippen MR) is 78.1 cm³/mol. The van der Waals surface area contributed by atoms with Crippen molar-refractivity contribution in [2.24, 2.45) is 0 Å². The summed E-state index contributed by atoms with van der Waals surface area (Å²) in [5, 5.41) is 8.95. The molecule has 0 aliphatic heterocycles. The van der Waals surface area contributed by atoms with Crippen molar-refractivity contribution < 1.29 is 19.4 Å². The summed E-state index contributed by atoms with van der Waals surface area (Å²) in [6, 6.07) is 7.56. The van der Waals surface area contributed by atoms with E-state index in [4.69, 9.17) is 14.6 Å². The van der Waals surface area contributed by atoms with Crippen LogP contribution in [0.2, 0.25) is 0 Å².